The average molecular weight is 313 g/mol. The van der Waals surface area contributed by atoms with Crippen molar-refractivity contribution < 1.29 is 14.3 Å². The van der Waals surface area contributed by atoms with Gasteiger partial charge in [0, 0.05) is 6.42 Å². The number of rotatable bonds is 5. The summed E-state index contributed by atoms with van der Waals surface area (Å²) in [6.45, 7) is 0.847. The van der Waals surface area contributed by atoms with Crippen LogP contribution in [0, 0.1) is 0 Å². The molecule has 1 aliphatic heterocycles. The Hall–Kier alpha value is -1.59. The van der Waals surface area contributed by atoms with E-state index in [0.717, 1.165) is 24.9 Å². The second-order valence-electron chi connectivity index (χ2n) is 4.92. The molecule has 1 fully saturated rings. The summed E-state index contributed by atoms with van der Waals surface area (Å²) in [4.78, 5) is 23.9. The highest BCUT2D eigenvalue weighted by atomic mass is 35.5. The van der Waals surface area contributed by atoms with Crippen LogP contribution in [-0.2, 0) is 20.7 Å². The third-order valence-electron chi connectivity index (χ3n) is 3.46. The summed E-state index contributed by atoms with van der Waals surface area (Å²) in [6, 6.07) is 8.74. The molecule has 1 heterocycles. The maximum Gasteiger partial charge on any atom is 0.328 e. The third kappa shape index (κ3) is 5.02. The lowest BCUT2D eigenvalue weighted by Crippen LogP contribution is -2.49. The van der Waals surface area contributed by atoms with Gasteiger partial charge in [0.15, 0.2) is 0 Å². The molecule has 6 heteroatoms. The molecule has 0 saturated carbocycles. The Morgan fingerprint density at radius 2 is 2.10 bits per heavy atom. The molecular formula is C15H21ClN2O3. The van der Waals surface area contributed by atoms with E-state index >= 15 is 0 Å². The summed E-state index contributed by atoms with van der Waals surface area (Å²) in [5.41, 5.74) is 0.989. The van der Waals surface area contributed by atoms with Gasteiger partial charge in [-0.15, -0.1) is 12.4 Å². The van der Waals surface area contributed by atoms with Gasteiger partial charge in [-0.1, -0.05) is 30.3 Å². The molecule has 1 aliphatic rings. The van der Waals surface area contributed by atoms with Crippen LogP contribution in [0.25, 0.3) is 0 Å². The molecule has 0 bridgehead atoms. The fourth-order valence-electron chi connectivity index (χ4n) is 2.37. The molecule has 0 unspecified atom stereocenters. The molecule has 2 atom stereocenters. The maximum atomic E-state index is 12.1. The zero-order chi connectivity index (χ0) is 14.4. The Kier molecular flexibility index (Phi) is 7.19. The van der Waals surface area contributed by atoms with Crippen LogP contribution in [0.2, 0.25) is 0 Å². The van der Waals surface area contributed by atoms with Gasteiger partial charge in [0.05, 0.1) is 13.2 Å². The van der Waals surface area contributed by atoms with Gasteiger partial charge in [-0.3, -0.25) is 4.79 Å². The number of amides is 1. The molecule has 2 rings (SSSR count). The highest BCUT2D eigenvalue weighted by molar-refractivity contribution is 5.87. The standard InChI is InChI=1S/C15H20N2O3.ClH/c1-20-15(19)13(10-11-6-3-2-4-7-11)17-14(18)12-8-5-9-16-12;/h2-4,6-7,12-13,16H,5,8-10H2,1H3,(H,17,18);1H/t12-,13-;/m0./s1. The van der Waals surface area contributed by atoms with Crippen molar-refractivity contribution in [1.29, 1.82) is 0 Å². The summed E-state index contributed by atoms with van der Waals surface area (Å²) < 4.78 is 4.77. The lowest BCUT2D eigenvalue weighted by Gasteiger charge is -2.19. The number of methoxy groups -OCH3 is 1. The monoisotopic (exact) mass is 312 g/mol. The molecule has 0 aliphatic carbocycles. The Morgan fingerprint density at radius 1 is 1.38 bits per heavy atom. The Bertz CT molecular complexity index is 461. The van der Waals surface area contributed by atoms with Crippen LogP contribution in [0.4, 0.5) is 0 Å². The van der Waals surface area contributed by atoms with Crippen LogP contribution in [0.5, 0.6) is 0 Å². The van der Waals surface area contributed by atoms with E-state index in [1.807, 2.05) is 30.3 Å². The number of halogens is 1. The molecule has 1 aromatic rings. The Labute approximate surface area is 130 Å². The van der Waals surface area contributed by atoms with E-state index in [2.05, 4.69) is 10.6 Å². The van der Waals surface area contributed by atoms with Crippen LogP contribution >= 0.6 is 12.4 Å². The smallest absolute Gasteiger partial charge is 0.328 e. The minimum absolute atomic E-state index is 0. The molecule has 0 spiro atoms. The summed E-state index contributed by atoms with van der Waals surface area (Å²) in [7, 11) is 1.33. The molecule has 5 nitrogen and oxygen atoms in total. The summed E-state index contributed by atoms with van der Waals surface area (Å²) in [5, 5.41) is 5.90. The highest BCUT2D eigenvalue weighted by Gasteiger charge is 2.27. The number of benzene rings is 1. The number of carbonyl (C=O) groups is 2. The van der Waals surface area contributed by atoms with Crippen molar-refractivity contribution >= 4 is 24.3 Å². The predicted octanol–water partition coefficient (Wildman–Crippen LogP) is 1.06. The number of esters is 1. The Morgan fingerprint density at radius 3 is 2.67 bits per heavy atom. The van der Waals surface area contributed by atoms with Gasteiger partial charge in [-0.2, -0.15) is 0 Å². The third-order valence-corrected chi connectivity index (χ3v) is 3.46. The van der Waals surface area contributed by atoms with Gasteiger partial charge in [-0.05, 0) is 24.9 Å². The minimum Gasteiger partial charge on any atom is -0.467 e. The number of nitrogens with one attached hydrogen (secondary N) is 2. The van der Waals surface area contributed by atoms with E-state index in [-0.39, 0.29) is 24.4 Å². The topological polar surface area (TPSA) is 67.4 Å². The van der Waals surface area contributed by atoms with Crippen molar-refractivity contribution in [2.75, 3.05) is 13.7 Å². The molecule has 1 amide bonds. The van der Waals surface area contributed by atoms with E-state index in [4.69, 9.17) is 4.74 Å². The molecule has 2 N–H and O–H groups in total. The molecular weight excluding hydrogens is 292 g/mol. The first-order valence-electron chi connectivity index (χ1n) is 6.86. The van der Waals surface area contributed by atoms with Crippen molar-refractivity contribution in [3.8, 4) is 0 Å². The second-order valence-corrected chi connectivity index (χ2v) is 4.92. The van der Waals surface area contributed by atoms with Gasteiger partial charge < -0.3 is 15.4 Å². The highest BCUT2D eigenvalue weighted by Crippen LogP contribution is 2.08. The molecule has 116 valence electrons. The normalized spacial score (nSPS) is 18.4. The van der Waals surface area contributed by atoms with Crippen LogP contribution in [-0.4, -0.2) is 37.6 Å². The van der Waals surface area contributed by atoms with Crippen LogP contribution in [0.3, 0.4) is 0 Å². The molecule has 0 aromatic heterocycles. The number of hydrogen-bond acceptors (Lipinski definition) is 4. The number of hydrogen-bond donors (Lipinski definition) is 2. The van der Waals surface area contributed by atoms with Crippen molar-refractivity contribution in [3.05, 3.63) is 35.9 Å². The van der Waals surface area contributed by atoms with Gasteiger partial charge in [0.25, 0.3) is 0 Å². The summed E-state index contributed by atoms with van der Waals surface area (Å²) >= 11 is 0. The SMILES string of the molecule is COC(=O)[C@H](Cc1ccccc1)NC(=O)[C@@H]1CCCN1.Cl. The molecule has 0 radical (unpaired) electrons. The van der Waals surface area contributed by atoms with E-state index in [9.17, 15) is 9.59 Å². The Balaban J connectivity index is 0.00000220. The van der Waals surface area contributed by atoms with Crippen molar-refractivity contribution in [2.45, 2.75) is 31.3 Å². The van der Waals surface area contributed by atoms with Gasteiger partial charge in [0.1, 0.15) is 6.04 Å². The largest absolute Gasteiger partial charge is 0.467 e. The lowest BCUT2D eigenvalue weighted by molar-refractivity contribution is -0.145. The first-order valence-corrected chi connectivity index (χ1v) is 6.86. The quantitative estimate of drug-likeness (QED) is 0.798. The minimum atomic E-state index is -0.641. The summed E-state index contributed by atoms with van der Waals surface area (Å²) in [5.74, 6) is -0.547. The van der Waals surface area contributed by atoms with Crippen molar-refractivity contribution in [2.24, 2.45) is 0 Å². The lowest BCUT2D eigenvalue weighted by atomic mass is 10.1. The zero-order valence-corrected chi connectivity index (χ0v) is 12.8. The van der Waals surface area contributed by atoms with Gasteiger partial charge >= 0.3 is 5.97 Å². The van der Waals surface area contributed by atoms with Crippen molar-refractivity contribution in [1.82, 2.24) is 10.6 Å². The summed E-state index contributed by atoms with van der Waals surface area (Å²) in [6.07, 6.45) is 2.23. The van der Waals surface area contributed by atoms with Gasteiger partial charge in [-0.25, -0.2) is 4.79 Å². The molecule has 1 saturated heterocycles. The van der Waals surface area contributed by atoms with E-state index in [1.165, 1.54) is 7.11 Å². The molecule has 1 aromatic carbocycles. The zero-order valence-electron chi connectivity index (χ0n) is 12.0. The van der Waals surface area contributed by atoms with Crippen molar-refractivity contribution in [3.63, 3.8) is 0 Å². The fraction of sp³-hybridized carbons (Fsp3) is 0.467. The molecule has 21 heavy (non-hydrogen) atoms. The first-order chi connectivity index (χ1) is 9.70. The number of carbonyl (C=O) groups excluding carboxylic acids is 2. The van der Waals surface area contributed by atoms with Crippen LogP contribution in [0.1, 0.15) is 18.4 Å². The van der Waals surface area contributed by atoms with Crippen LogP contribution in [0.15, 0.2) is 30.3 Å². The van der Waals surface area contributed by atoms with E-state index in [1.54, 1.807) is 0 Å². The maximum absolute atomic E-state index is 12.1. The number of ether oxygens (including phenoxy) is 1. The van der Waals surface area contributed by atoms with E-state index < -0.39 is 12.0 Å². The second kappa shape index (κ2) is 8.64. The van der Waals surface area contributed by atoms with Crippen LogP contribution < -0.4 is 10.6 Å². The predicted molar refractivity (Wildman–Crippen MR) is 82.4 cm³/mol. The van der Waals surface area contributed by atoms with E-state index in [0.29, 0.717) is 6.42 Å². The first kappa shape index (κ1) is 17.5. The average Bonchev–Trinajstić information content (AvgIpc) is 3.01. The fourth-order valence-corrected chi connectivity index (χ4v) is 2.37. The van der Waals surface area contributed by atoms with Gasteiger partial charge in [0.2, 0.25) is 5.91 Å².